The van der Waals surface area contributed by atoms with Gasteiger partial charge in [0.15, 0.2) is 5.11 Å². The predicted octanol–water partition coefficient (Wildman–Crippen LogP) is -3.30. The molecule has 44 heavy (non-hydrogen) atoms. The number of hydrazone groups is 1. The Morgan fingerprint density at radius 3 is 2.16 bits per heavy atom. The number of amides is 6. The highest BCUT2D eigenvalue weighted by Gasteiger charge is 2.18. The number of carbonyl (C=O) groups is 6. The van der Waals surface area contributed by atoms with Gasteiger partial charge in [0, 0.05) is 32.2 Å². The molecule has 6 amide bonds. The topological polar surface area (TPSA) is 280 Å². The van der Waals surface area contributed by atoms with Crippen LogP contribution in [0.2, 0.25) is 0 Å². The summed E-state index contributed by atoms with van der Waals surface area (Å²) in [6.45, 7) is 0.208. The third kappa shape index (κ3) is 16.0. The molecule has 0 aliphatic carbocycles. The van der Waals surface area contributed by atoms with E-state index in [2.05, 4.69) is 41.8 Å². The summed E-state index contributed by atoms with van der Waals surface area (Å²) in [6.07, 6.45) is 2.95. The fraction of sp³-hybridized carbons (Fsp3) is 0.455. The normalized spacial score (nSPS) is 10.7. The fourth-order valence-electron chi connectivity index (χ4n) is 2.55. The van der Waals surface area contributed by atoms with Crippen LogP contribution in [0.1, 0.15) is 38.8 Å². The summed E-state index contributed by atoms with van der Waals surface area (Å²) in [5.41, 5.74) is 3.40. The van der Waals surface area contributed by atoms with Crippen molar-refractivity contribution >= 4 is 58.5 Å². The minimum atomic E-state index is -1.12. The molecule has 0 radical (unpaired) electrons. The monoisotopic (exact) mass is 643 g/mol. The molecule has 8 N–H and O–H groups in total. The van der Waals surface area contributed by atoms with E-state index in [1.165, 1.54) is 18.6 Å². The zero-order chi connectivity index (χ0) is 33.1. The van der Waals surface area contributed by atoms with Gasteiger partial charge in [-0.25, -0.2) is 15.2 Å². The molecule has 0 saturated heterocycles. The van der Waals surface area contributed by atoms with Crippen molar-refractivity contribution in [2.75, 3.05) is 33.3 Å². The number of rotatable bonds is 17. The van der Waals surface area contributed by atoms with Crippen LogP contribution in [-0.2, 0) is 33.5 Å². The first-order valence-electron chi connectivity index (χ1n) is 12.5. The third-order valence-electron chi connectivity index (χ3n) is 4.89. The highest BCUT2D eigenvalue weighted by atomic mass is 32.1. The highest BCUT2D eigenvalue weighted by molar-refractivity contribution is 7.80. The van der Waals surface area contributed by atoms with Gasteiger partial charge >= 0.3 is 0 Å². The Morgan fingerprint density at radius 2 is 1.52 bits per heavy atom. The molecule has 22 heteroatoms. The van der Waals surface area contributed by atoms with Gasteiger partial charge in [0.25, 0.3) is 11.8 Å². The summed E-state index contributed by atoms with van der Waals surface area (Å²) in [7, 11) is 0. The smallest absolute Gasteiger partial charge is 0.273 e. The van der Waals surface area contributed by atoms with Gasteiger partial charge in [0.05, 0.1) is 25.3 Å². The minimum absolute atomic E-state index is 0.0520. The molecule has 0 unspecified atom stereocenters. The first-order chi connectivity index (χ1) is 20.8. The first kappa shape index (κ1) is 37.3. The van der Waals surface area contributed by atoms with Gasteiger partial charge in [-0.15, -0.1) is 0 Å². The molecule has 0 aliphatic rings. The maximum atomic E-state index is 12.0. The molecule has 242 valence electrons. The Hall–Kier alpha value is -4.74. The molecule has 0 atom stereocenters. The van der Waals surface area contributed by atoms with Crippen LogP contribution in [0.3, 0.4) is 0 Å². The second-order valence-electron chi connectivity index (χ2n) is 8.38. The first-order valence-corrected chi connectivity index (χ1v) is 12.9. The number of nitrogens with zero attached hydrogens (tertiary/aromatic N) is 6. The van der Waals surface area contributed by atoms with Crippen molar-refractivity contribution < 1.29 is 49.1 Å². The molecule has 1 aromatic rings. The van der Waals surface area contributed by atoms with Crippen molar-refractivity contribution in [1.29, 1.82) is 0 Å². The van der Waals surface area contributed by atoms with Crippen LogP contribution in [0.25, 0.3) is 0 Å². The lowest BCUT2D eigenvalue weighted by Gasteiger charge is -2.18. The highest BCUT2D eigenvalue weighted by Crippen LogP contribution is 1.95. The van der Waals surface area contributed by atoms with Gasteiger partial charge in [-0.2, -0.15) is 5.10 Å². The van der Waals surface area contributed by atoms with Gasteiger partial charge in [-0.1, -0.05) is 0 Å². The van der Waals surface area contributed by atoms with Crippen LogP contribution in [0.15, 0.2) is 23.7 Å². The predicted molar refractivity (Wildman–Crippen MR) is 148 cm³/mol. The number of hydroxylamine groups is 6. The molecule has 0 saturated carbocycles. The van der Waals surface area contributed by atoms with Crippen LogP contribution >= 0.6 is 12.2 Å². The average Bonchev–Trinajstić information content (AvgIpc) is 2.99. The second kappa shape index (κ2) is 20.2. The Bertz CT molecular complexity index is 1200. The van der Waals surface area contributed by atoms with Crippen LogP contribution < -0.4 is 26.7 Å². The van der Waals surface area contributed by atoms with E-state index in [9.17, 15) is 39.2 Å². The lowest BCUT2D eigenvalue weighted by Crippen LogP contribution is -2.44. The standard InChI is InChI=1S/C22H33N11O10S/c1-14(16-8-23-5-6-25-16)29-30-22(44)28-18(36)4-3-17(35)26-11-32(41)20(38)7-19(37)27-12-33(42)21(39)9-43-13-24-10-31(40)15(2)34/h5-6,8,24,40-42H,3-4,7,9-13H2,1-2H3,(H,26,35)(H,27,37)(H2,28,30,36,44)/b29-14+. The summed E-state index contributed by atoms with van der Waals surface area (Å²) in [4.78, 5) is 78.3. The lowest BCUT2D eigenvalue weighted by molar-refractivity contribution is -0.174. The largest absolute Gasteiger partial charge is 0.356 e. The van der Waals surface area contributed by atoms with E-state index in [4.69, 9.17) is 22.2 Å². The van der Waals surface area contributed by atoms with Crippen molar-refractivity contribution in [2.24, 2.45) is 5.10 Å². The van der Waals surface area contributed by atoms with E-state index in [0.717, 1.165) is 6.92 Å². The van der Waals surface area contributed by atoms with Gasteiger partial charge in [-0.05, 0) is 19.1 Å². The van der Waals surface area contributed by atoms with Crippen LogP contribution in [0.5, 0.6) is 0 Å². The van der Waals surface area contributed by atoms with Crippen molar-refractivity contribution in [2.45, 2.75) is 33.1 Å². The molecule has 1 aromatic heterocycles. The van der Waals surface area contributed by atoms with Gasteiger partial charge in [0.1, 0.15) is 32.1 Å². The minimum Gasteiger partial charge on any atom is -0.356 e. The Morgan fingerprint density at radius 1 is 0.886 bits per heavy atom. The number of hydrogen-bond acceptors (Lipinski definition) is 15. The van der Waals surface area contributed by atoms with Crippen molar-refractivity contribution in [3.63, 3.8) is 0 Å². The average molecular weight is 644 g/mol. The van der Waals surface area contributed by atoms with E-state index in [1.807, 2.05) is 0 Å². The van der Waals surface area contributed by atoms with Gasteiger partial charge in [0.2, 0.25) is 23.6 Å². The number of ether oxygens (including phenoxy) is 1. The Balaban J connectivity index is 2.23. The quantitative estimate of drug-likeness (QED) is 0.0157. The maximum Gasteiger partial charge on any atom is 0.273 e. The Labute approximate surface area is 255 Å². The number of aromatic nitrogens is 2. The summed E-state index contributed by atoms with van der Waals surface area (Å²) in [5.74, 6) is -5.00. The zero-order valence-electron chi connectivity index (χ0n) is 23.7. The van der Waals surface area contributed by atoms with E-state index in [-0.39, 0.29) is 41.5 Å². The van der Waals surface area contributed by atoms with Crippen LogP contribution in [0, 0.1) is 0 Å². The van der Waals surface area contributed by atoms with Gasteiger partial charge < -0.3 is 20.7 Å². The number of thiocarbonyl (C=S) groups is 1. The van der Waals surface area contributed by atoms with Crippen molar-refractivity contribution in [3.05, 3.63) is 24.3 Å². The molecule has 0 spiro atoms. The lowest BCUT2D eigenvalue weighted by atomic mass is 10.3. The third-order valence-corrected chi connectivity index (χ3v) is 5.08. The SMILES string of the molecule is CC(=O)N(O)CNCOCC(=O)N(O)CNC(=O)CC(=O)N(O)CNC(=O)CCC(=O)NC(=S)N/N=C(\C)c1cnccn1. The van der Waals surface area contributed by atoms with E-state index in [0.29, 0.717) is 16.5 Å². The maximum absolute atomic E-state index is 12.0. The van der Waals surface area contributed by atoms with Crippen molar-refractivity contribution in [1.82, 2.24) is 51.9 Å². The molecular formula is C22H33N11O10S. The molecule has 0 bridgehead atoms. The molecule has 0 fully saturated rings. The summed E-state index contributed by atoms with van der Waals surface area (Å²) in [5, 5.41) is 41.9. The van der Waals surface area contributed by atoms with Gasteiger partial charge in [-0.3, -0.25) is 65.1 Å². The van der Waals surface area contributed by atoms with Crippen LogP contribution in [-0.4, -0.2) is 120 Å². The summed E-state index contributed by atoms with van der Waals surface area (Å²) >= 11 is 4.96. The fourth-order valence-corrected chi connectivity index (χ4v) is 2.71. The number of carbonyl (C=O) groups excluding carboxylic acids is 6. The molecule has 21 nitrogen and oxygen atoms in total. The number of nitrogens with one attached hydrogen (secondary N) is 5. The van der Waals surface area contributed by atoms with Crippen LogP contribution in [0.4, 0.5) is 0 Å². The second-order valence-corrected chi connectivity index (χ2v) is 8.78. The van der Waals surface area contributed by atoms with Crippen molar-refractivity contribution in [3.8, 4) is 0 Å². The molecule has 1 rings (SSSR count). The van der Waals surface area contributed by atoms with E-state index >= 15 is 0 Å². The molecular weight excluding hydrogens is 610 g/mol. The van der Waals surface area contributed by atoms with E-state index in [1.54, 1.807) is 6.92 Å². The summed E-state index contributed by atoms with van der Waals surface area (Å²) < 4.78 is 4.88. The zero-order valence-corrected chi connectivity index (χ0v) is 24.5. The summed E-state index contributed by atoms with van der Waals surface area (Å²) in [6, 6.07) is 0. The van der Waals surface area contributed by atoms with E-state index < -0.39 is 61.8 Å². The number of hydrogen-bond donors (Lipinski definition) is 8. The Kier molecular flexibility index (Phi) is 17.1. The molecule has 0 aromatic carbocycles. The molecule has 0 aliphatic heterocycles. The molecule has 1 heterocycles.